The molecule has 6 nitrogen and oxygen atoms in total. The van der Waals surface area contributed by atoms with Crippen LogP contribution in [0.15, 0.2) is 48.4 Å². The van der Waals surface area contributed by atoms with E-state index in [4.69, 9.17) is 4.98 Å². The van der Waals surface area contributed by atoms with Crippen molar-refractivity contribution in [2.45, 2.75) is 38.1 Å². The summed E-state index contributed by atoms with van der Waals surface area (Å²) in [5.74, 6) is 1.41. The molecule has 138 valence electrons. The van der Waals surface area contributed by atoms with Crippen LogP contribution >= 0.6 is 0 Å². The molecule has 0 saturated heterocycles. The molecule has 0 bridgehead atoms. The molecular weight excluding hydrogens is 336 g/mol. The lowest BCUT2D eigenvalue weighted by atomic mass is 9.96. The third-order valence-corrected chi connectivity index (χ3v) is 5.11. The highest BCUT2D eigenvalue weighted by molar-refractivity contribution is 6.31. The van der Waals surface area contributed by atoms with Crippen LogP contribution in [0.5, 0.6) is 0 Å². The molecule has 0 unspecified atom stereocenters. The monoisotopic (exact) mass is 360 g/mol. The summed E-state index contributed by atoms with van der Waals surface area (Å²) in [4.78, 5) is 18.2. The summed E-state index contributed by atoms with van der Waals surface area (Å²) in [7, 11) is 1.77. The van der Waals surface area contributed by atoms with Gasteiger partial charge in [0.05, 0.1) is 17.6 Å². The van der Waals surface area contributed by atoms with Gasteiger partial charge in [0.25, 0.3) is 0 Å². The molecule has 1 saturated carbocycles. The highest BCUT2D eigenvalue weighted by atomic mass is 15.1. The Morgan fingerprint density at radius 3 is 2.85 bits per heavy atom. The second-order valence-corrected chi connectivity index (χ2v) is 6.87. The Morgan fingerprint density at radius 1 is 1.22 bits per heavy atom. The predicted octanol–water partition coefficient (Wildman–Crippen LogP) is 4.31. The second-order valence-electron chi connectivity index (χ2n) is 6.87. The first-order valence-corrected chi connectivity index (χ1v) is 9.45. The van der Waals surface area contributed by atoms with Crippen LogP contribution in [0.1, 0.15) is 37.8 Å². The third-order valence-electron chi connectivity index (χ3n) is 5.11. The normalized spacial score (nSPS) is 19.7. The van der Waals surface area contributed by atoms with Crippen molar-refractivity contribution in [2.24, 2.45) is 4.99 Å². The van der Waals surface area contributed by atoms with Crippen LogP contribution in [0.2, 0.25) is 0 Å². The largest absolute Gasteiger partial charge is 0.351 e. The molecule has 1 aliphatic carbocycles. The van der Waals surface area contributed by atoms with Crippen molar-refractivity contribution in [3.05, 3.63) is 49.1 Å². The lowest BCUT2D eigenvalue weighted by Gasteiger charge is -2.23. The molecule has 4 rings (SSSR count). The lowest BCUT2D eigenvalue weighted by molar-refractivity contribution is 0.461. The van der Waals surface area contributed by atoms with Gasteiger partial charge in [0.1, 0.15) is 5.84 Å². The van der Waals surface area contributed by atoms with Crippen molar-refractivity contribution < 1.29 is 0 Å². The Morgan fingerprint density at radius 2 is 2.07 bits per heavy atom. The molecule has 6 heteroatoms. The Bertz CT molecular complexity index is 909. The zero-order valence-electron chi connectivity index (χ0n) is 15.6. The number of pyridine rings is 1. The van der Waals surface area contributed by atoms with Gasteiger partial charge in [0, 0.05) is 42.2 Å². The predicted molar refractivity (Wildman–Crippen MR) is 111 cm³/mol. The molecule has 27 heavy (non-hydrogen) atoms. The molecular formula is C21H24N6. The van der Waals surface area contributed by atoms with E-state index < -0.39 is 0 Å². The van der Waals surface area contributed by atoms with E-state index in [1.807, 2.05) is 18.3 Å². The second kappa shape index (κ2) is 7.70. The highest BCUT2D eigenvalue weighted by Gasteiger charge is 2.24. The van der Waals surface area contributed by atoms with Crippen LogP contribution in [0.25, 0.3) is 16.7 Å². The maximum atomic E-state index is 4.88. The first-order valence-electron chi connectivity index (χ1n) is 9.45. The number of amidine groups is 1. The molecule has 2 N–H and O–H groups in total. The summed E-state index contributed by atoms with van der Waals surface area (Å²) in [6.07, 6.45) is 15.4. The average Bonchev–Trinajstić information content (AvgIpc) is 2.84. The molecule has 3 heterocycles. The summed E-state index contributed by atoms with van der Waals surface area (Å²) in [5, 5.41) is 6.90. The van der Waals surface area contributed by atoms with Crippen molar-refractivity contribution in [1.29, 1.82) is 0 Å². The average molecular weight is 360 g/mol. The molecule has 0 atom stereocenters. The first-order chi connectivity index (χ1) is 13.3. The number of aromatic nitrogens is 3. The number of aliphatic imine (C=N–C) groups is 1. The number of hydrogen-bond acceptors (Lipinski definition) is 5. The minimum absolute atomic E-state index is 0.448. The lowest BCUT2D eigenvalue weighted by Crippen LogP contribution is -2.24. The topological polar surface area (TPSA) is 75.1 Å². The van der Waals surface area contributed by atoms with Crippen LogP contribution in [0.4, 0.5) is 11.6 Å². The quantitative estimate of drug-likeness (QED) is 0.853. The van der Waals surface area contributed by atoms with E-state index >= 15 is 0 Å². The van der Waals surface area contributed by atoms with E-state index in [-0.39, 0.29) is 0 Å². The molecule has 0 spiro atoms. The van der Waals surface area contributed by atoms with E-state index in [0.29, 0.717) is 12.0 Å². The zero-order chi connectivity index (χ0) is 18.6. The fourth-order valence-corrected chi connectivity index (χ4v) is 3.77. The standard InChI is InChI=1S/C21H24N6/c1-3-7-16-19-17(15-10-11-23-13-18(15)26-20(16)22-2)12-24-21(27-19)25-14-8-5-4-6-9-14/h3,7,10-14H,1,4-6,8-9H2,2H3,(H,22,26)(H,24,25,27)/b16-7-. The van der Waals surface area contributed by atoms with Crippen molar-refractivity contribution >= 4 is 23.0 Å². The van der Waals surface area contributed by atoms with E-state index in [9.17, 15) is 0 Å². The van der Waals surface area contributed by atoms with Crippen LogP contribution < -0.4 is 10.6 Å². The number of allylic oxidation sites excluding steroid dienone is 2. The number of rotatable bonds is 3. The van der Waals surface area contributed by atoms with E-state index in [0.717, 1.165) is 33.9 Å². The van der Waals surface area contributed by atoms with Gasteiger partial charge in [-0.1, -0.05) is 31.9 Å². The molecule has 1 fully saturated rings. The summed E-state index contributed by atoms with van der Waals surface area (Å²) in [6.45, 7) is 3.86. The van der Waals surface area contributed by atoms with E-state index in [2.05, 4.69) is 32.2 Å². The van der Waals surface area contributed by atoms with Crippen LogP contribution in [0, 0.1) is 0 Å². The number of nitrogens with one attached hydrogen (secondary N) is 2. The molecule has 2 aromatic heterocycles. The molecule has 0 radical (unpaired) electrons. The molecule has 0 aromatic carbocycles. The molecule has 2 aromatic rings. The number of hydrogen-bond donors (Lipinski definition) is 2. The fraction of sp³-hybridized carbons (Fsp3) is 0.333. The molecule has 1 aliphatic heterocycles. The minimum Gasteiger partial charge on any atom is -0.351 e. The van der Waals surface area contributed by atoms with Gasteiger partial charge in [0.2, 0.25) is 5.95 Å². The first kappa shape index (κ1) is 17.4. The van der Waals surface area contributed by atoms with Gasteiger partial charge < -0.3 is 10.6 Å². The summed E-state index contributed by atoms with van der Waals surface area (Å²) >= 11 is 0. The van der Waals surface area contributed by atoms with Gasteiger partial charge in [-0.3, -0.25) is 9.98 Å². The third kappa shape index (κ3) is 3.47. The summed E-state index contributed by atoms with van der Waals surface area (Å²) < 4.78 is 0. The Labute approximate surface area is 159 Å². The number of anilines is 2. The maximum Gasteiger partial charge on any atom is 0.223 e. The van der Waals surface area contributed by atoms with Gasteiger partial charge in [-0.25, -0.2) is 9.97 Å². The highest BCUT2D eigenvalue weighted by Crippen LogP contribution is 2.37. The van der Waals surface area contributed by atoms with Gasteiger partial charge in [-0.05, 0) is 25.0 Å². The van der Waals surface area contributed by atoms with Gasteiger partial charge >= 0.3 is 0 Å². The summed E-state index contributed by atoms with van der Waals surface area (Å²) in [5.41, 5.74) is 4.61. The Hall–Kier alpha value is -3.02. The van der Waals surface area contributed by atoms with Crippen molar-refractivity contribution in [2.75, 3.05) is 17.7 Å². The smallest absolute Gasteiger partial charge is 0.223 e. The fourth-order valence-electron chi connectivity index (χ4n) is 3.77. The van der Waals surface area contributed by atoms with E-state index in [1.165, 1.54) is 32.1 Å². The molecule has 2 aliphatic rings. The van der Waals surface area contributed by atoms with Crippen LogP contribution in [0.3, 0.4) is 0 Å². The van der Waals surface area contributed by atoms with Gasteiger partial charge in [0.15, 0.2) is 0 Å². The van der Waals surface area contributed by atoms with Crippen molar-refractivity contribution in [3.63, 3.8) is 0 Å². The number of nitrogens with zero attached hydrogens (tertiary/aromatic N) is 4. The number of fused-ring (bicyclic) bond motifs is 3. The van der Waals surface area contributed by atoms with Gasteiger partial charge in [-0.15, -0.1) is 0 Å². The van der Waals surface area contributed by atoms with Crippen LogP contribution in [-0.2, 0) is 0 Å². The zero-order valence-corrected chi connectivity index (χ0v) is 15.6. The minimum atomic E-state index is 0.448. The Kier molecular flexibility index (Phi) is 4.96. The van der Waals surface area contributed by atoms with Crippen molar-refractivity contribution in [1.82, 2.24) is 15.0 Å². The summed E-state index contributed by atoms with van der Waals surface area (Å²) in [6, 6.07) is 2.42. The van der Waals surface area contributed by atoms with Crippen LogP contribution in [-0.4, -0.2) is 33.9 Å². The maximum absolute atomic E-state index is 4.88. The molecule has 0 amide bonds. The van der Waals surface area contributed by atoms with Crippen molar-refractivity contribution in [3.8, 4) is 11.1 Å². The SMILES string of the molecule is C=C/C=C1\C(=NC)Nc2cnccc2-c2cnc(NC3CCCCC3)nc21. The van der Waals surface area contributed by atoms with Gasteiger partial charge in [-0.2, -0.15) is 0 Å². The Balaban J connectivity index is 1.82. The van der Waals surface area contributed by atoms with E-state index in [1.54, 1.807) is 25.5 Å².